The van der Waals surface area contributed by atoms with Crippen LogP contribution in [-0.4, -0.2) is 65.3 Å². The van der Waals surface area contributed by atoms with Gasteiger partial charge in [0.15, 0.2) is 0 Å². The summed E-state index contributed by atoms with van der Waals surface area (Å²) < 4.78 is 36.0. The van der Waals surface area contributed by atoms with Gasteiger partial charge in [-0.3, -0.25) is 15.0 Å². The Labute approximate surface area is 228 Å². The van der Waals surface area contributed by atoms with Crippen molar-refractivity contribution < 1.29 is 18.3 Å². The number of carbonyl (C=O) groups excluding carboxylic acids is 1. The zero-order valence-electron chi connectivity index (χ0n) is 23.1. The average Bonchev–Trinajstić information content (AvgIpc) is 3.53. The van der Waals surface area contributed by atoms with Crippen molar-refractivity contribution in [3.05, 3.63) is 77.1 Å². The predicted octanol–water partition coefficient (Wildman–Crippen LogP) is 4.81. The number of hydrogen-bond donors (Lipinski definition) is 1. The molecule has 9 heteroatoms. The lowest BCUT2D eigenvalue weighted by Gasteiger charge is -2.31. The van der Waals surface area contributed by atoms with E-state index in [0.717, 1.165) is 30.4 Å². The molecule has 39 heavy (non-hydrogen) atoms. The van der Waals surface area contributed by atoms with E-state index in [2.05, 4.69) is 66.0 Å². The first kappa shape index (κ1) is 27.3. The number of halogens is 2. The van der Waals surface area contributed by atoms with Crippen LogP contribution in [0.4, 0.5) is 20.4 Å². The minimum Gasteiger partial charge on any atom is -0.378 e. The molecule has 3 heterocycles. The molecule has 0 spiro atoms. The van der Waals surface area contributed by atoms with E-state index in [1.54, 1.807) is 6.20 Å². The molecular weight excluding hydrogens is 500 g/mol. The topological polar surface area (TPSA) is 62.6 Å². The van der Waals surface area contributed by atoms with Crippen molar-refractivity contribution in [1.82, 2.24) is 14.5 Å². The van der Waals surface area contributed by atoms with Crippen LogP contribution in [0.1, 0.15) is 43.4 Å². The Morgan fingerprint density at radius 3 is 2.59 bits per heavy atom. The molecule has 2 aliphatic rings. The maximum absolute atomic E-state index is 14.8. The van der Waals surface area contributed by atoms with E-state index in [0.29, 0.717) is 44.4 Å². The lowest BCUT2D eigenvalue weighted by Crippen LogP contribution is -2.40. The molecule has 5 rings (SSSR count). The van der Waals surface area contributed by atoms with Gasteiger partial charge in [-0.15, -0.1) is 0 Å². The number of imidazole rings is 1. The lowest BCUT2D eigenvalue weighted by molar-refractivity contribution is -0.120. The maximum atomic E-state index is 14.8. The zero-order chi connectivity index (χ0) is 27.7. The van der Waals surface area contributed by atoms with Gasteiger partial charge in [0.25, 0.3) is 0 Å². The molecule has 0 radical (unpaired) electrons. The molecule has 208 valence electrons. The number of nitrogens with one attached hydrogen (secondary N) is 1. The predicted molar refractivity (Wildman–Crippen MR) is 148 cm³/mol. The molecule has 2 fully saturated rings. The summed E-state index contributed by atoms with van der Waals surface area (Å²) in [7, 11) is 0. The minimum atomic E-state index is -0.627. The van der Waals surface area contributed by atoms with E-state index in [4.69, 9.17) is 4.74 Å². The van der Waals surface area contributed by atoms with E-state index < -0.39 is 23.5 Å². The molecule has 2 saturated heterocycles. The van der Waals surface area contributed by atoms with Crippen molar-refractivity contribution in [3.8, 4) is 0 Å². The largest absolute Gasteiger partial charge is 0.378 e. The van der Waals surface area contributed by atoms with Crippen LogP contribution in [0, 0.1) is 24.5 Å². The maximum Gasteiger partial charge on any atom is 0.231 e. The molecule has 0 saturated carbocycles. The summed E-state index contributed by atoms with van der Waals surface area (Å²) in [5, 5.41) is 3.02. The van der Waals surface area contributed by atoms with E-state index in [1.165, 1.54) is 17.7 Å². The molecule has 2 aliphatic heterocycles. The first-order chi connectivity index (χ1) is 18.6. The first-order valence-electron chi connectivity index (χ1n) is 13.5. The number of amides is 1. The van der Waals surface area contributed by atoms with Gasteiger partial charge in [0.2, 0.25) is 11.9 Å². The quantitative estimate of drug-likeness (QED) is 0.489. The summed E-state index contributed by atoms with van der Waals surface area (Å²) in [5.74, 6) is -1.94. The number of hydrogen-bond acceptors (Lipinski definition) is 5. The Balaban J connectivity index is 1.38. The number of anilines is 2. The summed E-state index contributed by atoms with van der Waals surface area (Å²) in [5.41, 5.74) is 3.63. The van der Waals surface area contributed by atoms with Gasteiger partial charge < -0.3 is 14.2 Å². The van der Waals surface area contributed by atoms with Crippen molar-refractivity contribution >= 4 is 17.5 Å². The second-order valence-electron chi connectivity index (χ2n) is 11.6. The number of benzene rings is 2. The number of rotatable bonds is 6. The van der Waals surface area contributed by atoms with Gasteiger partial charge in [0, 0.05) is 61.8 Å². The van der Waals surface area contributed by atoms with Crippen LogP contribution < -0.4 is 10.2 Å². The standard InChI is InChI=1S/C30H37F2N5O2/c1-20-5-6-21(27(15-20)35-11-13-39-14-12-35)17-36-10-9-33-29(36)34-28(38)25-19-37(30(2,3)4)18-24(25)23-8-7-22(31)16-26(23)32/h5-10,15-16,24-25H,11-14,17-19H2,1-4H3,(H,33,34,38)/t24-,25+/m0/s1. The fraction of sp³-hybridized carbons (Fsp3) is 0.467. The SMILES string of the molecule is Cc1ccc(Cn2ccnc2NC(=O)[C@@H]2CN(C(C)(C)C)C[C@H]2c2ccc(F)cc2F)c(N2CCOCC2)c1. The molecule has 1 aromatic heterocycles. The summed E-state index contributed by atoms with van der Waals surface area (Å²) >= 11 is 0. The second-order valence-corrected chi connectivity index (χ2v) is 11.6. The Bertz CT molecular complexity index is 1330. The van der Waals surface area contributed by atoms with Crippen LogP contribution in [0.25, 0.3) is 0 Å². The first-order valence-corrected chi connectivity index (χ1v) is 13.5. The van der Waals surface area contributed by atoms with Gasteiger partial charge >= 0.3 is 0 Å². The number of aryl methyl sites for hydroxylation is 1. The average molecular weight is 538 g/mol. The molecule has 1 N–H and O–H groups in total. The third-order valence-corrected chi connectivity index (χ3v) is 7.85. The molecule has 0 bridgehead atoms. The van der Waals surface area contributed by atoms with Gasteiger partial charge in [0.05, 0.1) is 25.7 Å². The van der Waals surface area contributed by atoms with Crippen LogP contribution in [0.5, 0.6) is 0 Å². The van der Waals surface area contributed by atoms with Crippen LogP contribution in [0.3, 0.4) is 0 Å². The number of aromatic nitrogens is 2. The highest BCUT2D eigenvalue weighted by molar-refractivity contribution is 5.92. The van der Waals surface area contributed by atoms with Gasteiger partial charge in [-0.2, -0.15) is 0 Å². The molecule has 3 aromatic rings. The highest BCUT2D eigenvalue weighted by atomic mass is 19.1. The van der Waals surface area contributed by atoms with Gasteiger partial charge in [-0.1, -0.05) is 18.2 Å². The molecule has 2 aromatic carbocycles. The van der Waals surface area contributed by atoms with Crippen molar-refractivity contribution in [2.45, 2.75) is 45.7 Å². The molecule has 2 atom stereocenters. The van der Waals surface area contributed by atoms with Crippen LogP contribution in [0.15, 0.2) is 48.8 Å². The summed E-state index contributed by atoms with van der Waals surface area (Å²) in [4.78, 5) is 22.7. The number of carbonyl (C=O) groups is 1. The number of nitrogens with zero attached hydrogens (tertiary/aromatic N) is 4. The lowest BCUT2D eigenvalue weighted by atomic mass is 9.88. The smallest absolute Gasteiger partial charge is 0.231 e. The number of morpholine rings is 1. The van der Waals surface area contributed by atoms with E-state index in [1.807, 2.05) is 10.8 Å². The highest BCUT2D eigenvalue weighted by Gasteiger charge is 2.43. The van der Waals surface area contributed by atoms with Gasteiger partial charge in [-0.25, -0.2) is 13.8 Å². The van der Waals surface area contributed by atoms with Gasteiger partial charge in [-0.05, 0) is 56.5 Å². The van der Waals surface area contributed by atoms with E-state index in [9.17, 15) is 13.6 Å². The minimum absolute atomic E-state index is 0.205. The van der Waals surface area contributed by atoms with Crippen LogP contribution in [0.2, 0.25) is 0 Å². The van der Waals surface area contributed by atoms with Crippen molar-refractivity contribution in [1.29, 1.82) is 0 Å². The summed E-state index contributed by atoms with van der Waals surface area (Å²) in [6.45, 7) is 12.9. The fourth-order valence-corrected chi connectivity index (χ4v) is 5.59. The van der Waals surface area contributed by atoms with E-state index >= 15 is 0 Å². The monoisotopic (exact) mass is 537 g/mol. The molecule has 0 unspecified atom stereocenters. The third-order valence-electron chi connectivity index (χ3n) is 7.85. The summed E-state index contributed by atoms with van der Waals surface area (Å²) in [6.07, 6.45) is 3.53. The second kappa shape index (κ2) is 11.1. The van der Waals surface area contributed by atoms with Crippen molar-refractivity contribution in [2.75, 3.05) is 49.6 Å². The summed E-state index contributed by atoms with van der Waals surface area (Å²) in [6, 6.07) is 10.0. The van der Waals surface area contributed by atoms with Crippen molar-refractivity contribution in [2.24, 2.45) is 5.92 Å². The number of ether oxygens (including phenoxy) is 1. The van der Waals surface area contributed by atoms with E-state index in [-0.39, 0.29) is 11.4 Å². The Morgan fingerprint density at radius 1 is 1.10 bits per heavy atom. The number of likely N-dealkylation sites (tertiary alicyclic amines) is 1. The Hall–Kier alpha value is -3.30. The fourth-order valence-electron chi connectivity index (χ4n) is 5.59. The Kier molecular flexibility index (Phi) is 7.73. The normalized spacial score (nSPS) is 20.4. The zero-order valence-corrected chi connectivity index (χ0v) is 23.1. The van der Waals surface area contributed by atoms with Crippen molar-refractivity contribution in [3.63, 3.8) is 0 Å². The molecule has 0 aliphatic carbocycles. The molecule has 1 amide bonds. The van der Waals surface area contributed by atoms with Crippen LogP contribution in [-0.2, 0) is 16.1 Å². The molecular formula is C30H37F2N5O2. The third kappa shape index (κ3) is 5.99. The molecule has 7 nitrogen and oxygen atoms in total. The van der Waals surface area contributed by atoms with Gasteiger partial charge in [0.1, 0.15) is 11.6 Å². The highest BCUT2D eigenvalue weighted by Crippen LogP contribution is 2.38. The Morgan fingerprint density at radius 2 is 1.87 bits per heavy atom. The van der Waals surface area contributed by atoms with Crippen LogP contribution >= 0.6 is 0 Å².